The van der Waals surface area contributed by atoms with Crippen LogP contribution in [0.25, 0.3) is 0 Å². The molecule has 0 aliphatic rings. The third-order valence-corrected chi connectivity index (χ3v) is 2.36. The lowest BCUT2D eigenvalue weighted by Gasteiger charge is -2.16. The van der Waals surface area contributed by atoms with Gasteiger partial charge in [0, 0.05) is 6.42 Å². The number of benzene rings is 1. The Labute approximate surface area is 88.0 Å². The van der Waals surface area contributed by atoms with Gasteiger partial charge in [-0.2, -0.15) is 0 Å². The zero-order valence-electron chi connectivity index (χ0n) is 8.89. The molecule has 2 N–H and O–H groups in total. The molecule has 15 heavy (non-hydrogen) atoms. The van der Waals surface area contributed by atoms with E-state index in [2.05, 4.69) is 0 Å². The molecule has 84 valence electrons. The number of halogens is 2. The molecule has 2 nitrogen and oxygen atoms in total. The van der Waals surface area contributed by atoms with Crippen molar-refractivity contribution < 1.29 is 13.5 Å². The molecular weight excluding hydrogens is 200 g/mol. The van der Waals surface area contributed by atoms with Crippen LogP contribution in [0, 0.1) is 6.92 Å². The number of methoxy groups -OCH3 is 1. The molecule has 1 aromatic rings. The van der Waals surface area contributed by atoms with Gasteiger partial charge in [-0.1, -0.05) is 12.1 Å². The van der Waals surface area contributed by atoms with Crippen molar-refractivity contribution in [2.24, 2.45) is 5.73 Å². The lowest BCUT2D eigenvalue weighted by atomic mass is 10.0. The van der Waals surface area contributed by atoms with E-state index in [4.69, 9.17) is 10.5 Å². The van der Waals surface area contributed by atoms with Gasteiger partial charge in [0.15, 0.2) is 0 Å². The van der Waals surface area contributed by atoms with Gasteiger partial charge >= 0.3 is 0 Å². The first kappa shape index (κ1) is 11.9. The van der Waals surface area contributed by atoms with Crippen molar-refractivity contribution in [1.82, 2.24) is 0 Å². The molecule has 0 atom stereocenters. The molecule has 0 saturated carbocycles. The van der Waals surface area contributed by atoms with E-state index in [9.17, 15) is 8.78 Å². The SMILES string of the molecule is COc1cccc(CC(F)(F)CN)c1C. The van der Waals surface area contributed by atoms with Gasteiger partial charge in [-0.25, -0.2) is 8.78 Å². The van der Waals surface area contributed by atoms with Crippen molar-refractivity contribution >= 4 is 0 Å². The van der Waals surface area contributed by atoms with Gasteiger partial charge in [0.1, 0.15) is 5.75 Å². The molecule has 4 heteroatoms. The monoisotopic (exact) mass is 215 g/mol. The summed E-state index contributed by atoms with van der Waals surface area (Å²) in [6, 6.07) is 5.12. The highest BCUT2D eigenvalue weighted by atomic mass is 19.3. The summed E-state index contributed by atoms with van der Waals surface area (Å²) in [5.41, 5.74) is 6.31. The molecule has 0 heterocycles. The van der Waals surface area contributed by atoms with E-state index in [0.717, 1.165) is 5.56 Å². The quantitative estimate of drug-likeness (QED) is 0.835. The van der Waals surface area contributed by atoms with Crippen LogP contribution >= 0.6 is 0 Å². The predicted octanol–water partition coefficient (Wildman–Crippen LogP) is 2.14. The number of nitrogens with two attached hydrogens (primary N) is 1. The molecule has 0 fully saturated rings. The minimum absolute atomic E-state index is 0.341. The Morgan fingerprint density at radius 3 is 2.60 bits per heavy atom. The Morgan fingerprint density at radius 2 is 2.07 bits per heavy atom. The van der Waals surface area contributed by atoms with Crippen LogP contribution in [0.5, 0.6) is 5.75 Å². The summed E-state index contributed by atoms with van der Waals surface area (Å²) in [4.78, 5) is 0. The number of ether oxygens (including phenoxy) is 1. The highest BCUT2D eigenvalue weighted by Crippen LogP contribution is 2.26. The second-order valence-electron chi connectivity index (χ2n) is 3.48. The second-order valence-corrected chi connectivity index (χ2v) is 3.48. The largest absolute Gasteiger partial charge is 0.496 e. The topological polar surface area (TPSA) is 35.2 Å². The first-order valence-corrected chi connectivity index (χ1v) is 4.70. The average molecular weight is 215 g/mol. The summed E-state index contributed by atoms with van der Waals surface area (Å²) in [5.74, 6) is -2.22. The lowest BCUT2D eigenvalue weighted by molar-refractivity contribution is 0.0113. The van der Waals surface area contributed by atoms with Gasteiger partial charge in [0.2, 0.25) is 0 Å². The summed E-state index contributed by atoms with van der Waals surface area (Å²) >= 11 is 0. The molecule has 0 aliphatic heterocycles. The molecule has 0 aromatic heterocycles. The zero-order valence-corrected chi connectivity index (χ0v) is 8.89. The Balaban J connectivity index is 2.95. The maximum absolute atomic E-state index is 13.1. The molecule has 0 amide bonds. The molecule has 0 spiro atoms. The van der Waals surface area contributed by atoms with Crippen molar-refractivity contribution in [3.63, 3.8) is 0 Å². The molecule has 0 unspecified atom stereocenters. The molecular formula is C11H15F2NO. The first-order valence-electron chi connectivity index (χ1n) is 4.70. The van der Waals surface area contributed by atoms with Crippen molar-refractivity contribution in [3.05, 3.63) is 29.3 Å². The third kappa shape index (κ3) is 2.89. The number of alkyl halides is 2. The maximum atomic E-state index is 13.1. The summed E-state index contributed by atoms with van der Waals surface area (Å²) in [7, 11) is 1.52. The molecule has 0 aliphatic carbocycles. The van der Waals surface area contributed by atoms with E-state index in [1.807, 2.05) is 0 Å². The van der Waals surface area contributed by atoms with Gasteiger partial charge in [-0.05, 0) is 24.1 Å². The standard InChI is InChI=1S/C11H15F2NO/c1-8-9(6-11(12,13)7-14)4-3-5-10(8)15-2/h3-5H,6-7,14H2,1-2H3. The first-order chi connectivity index (χ1) is 7.00. The zero-order chi connectivity index (χ0) is 11.5. The molecule has 1 rings (SSSR count). The molecule has 0 bridgehead atoms. The van der Waals surface area contributed by atoms with Gasteiger partial charge in [-0.3, -0.25) is 0 Å². The summed E-state index contributed by atoms with van der Waals surface area (Å²) < 4.78 is 31.2. The highest BCUT2D eigenvalue weighted by molar-refractivity contribution is 5.39. The van der Waals surface area contributed by atoms with Crippen LogP contribution in [0.2, 0.25) is 0 Å². The summed E-state index contributed by atoms with van der Waals surface area (Å²) in [6.07, 6.45) is -0.341. The Bertz CT molecular complexity index is 339. The van der Waals surface area contributed by atoms with Crippen LogP contribution < -0.4 is 10.5 Å². The van der Waals surface area contributed by atoms with Crippen LogP contribution in [0.3, 0.4) is 0 Å². The van der Waals surface area contributed by atoms with Crippen molar-refractivity contribution in [1.29, 1.82) is 0 Å². The van der Waals surface area contributed by atoms with E-state index in [0.29, 0.717) is 11.3 Å². The highest BCUT2D eigenvalue weighted by Gasteiger charge is 2.28. The third-order valence-electron chi connectivity index (χ3n) is 2.36. The minimum atomic E-state index is -2.85. The number of hydrogen-bond acceptors (Lipinski definition) is 2. The van der Waals surface area contributed by atoms with E-state index in [1.165, 1.54) is 7.11 Å². The Hall–Kier alpha value is -1.16. The van der Waals surface area contributed by atoms with E-state index in [-0.39, 0.29) is 6.42 Å². The van der Waals surface area contributed by atoms with E-state index >= 15 is 0 Å². The van der Waals surface area contributed by atoms with Gasteiger partial charge in [-0.15, -0.1) is 0 Å². The van der Waals surface area contributed by atoms with Crippen LogP contribution in [-0.2, 0) is 6.42 Å². The van der Waals surface area contributed by atoms with Crippen molar-refractivity contribution in [2.45, 2.75) is 19.3 Å². The fraction of sp³-hybridized carbons (Fsp3) is 0.455. The number of rotatable bonds is 4. The van der Waals surface area contributed by atoms with Crippen molar-refractivity contribution in [2.75, 3.05) is 13.7 Å². The van der Waals surface area contributed by atoms with Crippen LogP contribution in [-0.4, -0.2) is 19.6 Å². The van der Waals surface area contributed by atoms with Crippen LogP contribution in [0.4, 0.5) is 8.78 Å². The normalized spacial score (nSPS) is 11.5. The molecule has 1 aromatic carbocycles. The maximum Gasteiger partial charge on any atom is 0.264 e. The summed E-state index contributed by atoms with van der Waals surface area (Å²) in [6.45, 7) is 1.13. The van der Waals surface area contributed by atoms with Gasteiger partial charge in [0.05, 0.1) is 13.7 Å². The van der Waals surface area contributed by atoms with Gasteiger partial charge < -0.3 is 10.5 Å². The molecule has 0 saturated heterocycles. The number of hydrogen-bond donors (Lipinski definition) is 1. The van der Waals surface area contributed by atoms with E-state index < -0.39 is 12.5 Å². The van der Waals surface area contributed by atoms with Crippen molar-refractivity contribution in [3.8, 4) is 5.75 Å². The molecule has 0 radical (unpaired) electrons. The Kier molecular flexibility index (Phi) is 3.63. The average Bonchev–Trinajstić information content (AvgIpc) is 2.21. The van der Waals surface area contributed by atoms with Gasteiger partial charge in [0.25, 0.3) is 5.92 Å². The lowest BCUT2D eigenvalue weighted by Crippen LogP contribution is -2.30. The fourth-order valence-electron chi connectivity index (χ4n) is 1.42. The smallest absolute Gasteiger partial charge is 0.264 e. The Morgan fingerprint density at radius 1 is 1.40 bits per heavy atom. The predicted molar refractivity (Wildman–Crippen MR) is 55.4 cm³/mol. The summed E-state index contributed by atoms with van der Waals surface area (Å²) in [5, 5.41) is 0. The van der Waals surface area contributed by atoms with Crippen LogP contribution in [0.1, 0.15) is 11.1 Å². The fourth-order valence-corrected chi connectivity index (χ4v) is 1.42. The minimum Gasteiger partial charge on any atom is -0.496 e. The second kappa shape index (κ2) is 4.57. The van der Waals surface area contributed by atoms with E-state index in [1.54, 1.807) is 25.1 Å². The van der Waals surface area contributed by atoms with Crippen LogP contribution in [0.15, 0.2) is 18.2 Å².